The van der Waals surface area contributed by atoms with E-state index in [2.05, 4.69) is 15.0 Å². The second-order valence-electron chi connectivity index (χ2n) is 4.33. The van der Waals surface area contributed by atoms with Gasteiger partial charge in [-0.15, -0.1) is 0 Å². The van der Waals surface area contributed by atoms with E-state index in [1.54, 1.807) is 0 Å². The maximum atomic E-state index is 12.2. The van der Waals surface area contributed by atoms with Crippen molar-refractivity contribution in [3.05, 3.63) is 18.3 Å². The summed E-state index contributed by atoms with van der Waals surface area (Å²) in [6.45, 7) is 4.24. The summed E-state index contributed by atoms with van der Waals surface area (Å²) in [5, 5.41) is 2.98. The third kappa shape index (κ3) is 4.14. The van der Waals surface area contributed by atoms with E-state index < -0.39 is 10.0 Å². The Morgan fingerprint density at radius 2 is 2.30 bits per heavy atom. The summed E-state index contributed by atoms with van der Waals surface area (Å²) in [4.78, 5) is 4.23. The van der Waals surface area contributed by atoms with Crippen LogP contribution in [0.1, 0.15) is 6.92 Å². The van der Waals surface area contributed by atoms with Gasteiger partial charge in [0.2, 0.25) is 10.0 Å². The highest BCUT2D eigenvalue weighted by molar-refractivity contribution is 7.89. The Labute approximate surface area is 118 Å². The normalized spacial score (nSPS) is 19.8. The Morgan fingerprint density at radius 3 is 3.00 bits per heavy atom. The SMILES string of the molecule is CCNc1cc(S(=O)(=O)NCC2COCCO2)ccn1. The average molecular weight is 301 g/mol. The average Bonchev–Trinajstić information content (AvgIpc) is 2.47. The number of hydrogen-bond donors (Lipinski definition) is 2. The standard InChI is InChI=1S/C12H19N3O4S/c1-2-13-12-7-11(3-4-14-12)20(16,17)15-8-10-9-18-5-6-19-10/h3-4,7,10,15H,2,5-6,8-9H2,1H3,(H,13,14). The number of rotatable bonds is 6. The van der Waals surface area contributed by atoms with Crippen LogP contribution in [0.4, 0.5) is 5.82 Å². The van der Waals surface area contributed by atoms with Crippen molar-refractivity contribution in [1.82, 2.24) is 9.71 Å². The van der Waals surface area contributed by atoms with Crippen LogP contribution >= 0.6 is 0 Å². The molecule has 1 fully saturated rings. The molecule has 0 aliphatic carbocycles. The minimum Gasteiger partial charge on any atom is -0.376 e. The fraction of sp³-hybridized carbons (Fsp3) is 0.583. The van der Waals surface area contributed by atoms with Crippen LogP contribution in [-0.4, -0.2) is 52.4 Å². The van der Waals surface area contributed by atoms with E-state index >= 15 is 0 Å². The Kier molecular flexibility index (Phi) is 5.30. The number of nitrogens with one attached hydrogen (secondary N) is 2. The van der Waals surface area contributed by atoms with Gasteiger partial charge in [-0.05, 0) is 13.0 Å². The van der Waals surface area contributed by atoms with Crippen molar-refractivity contribution in [3.63, 3.8) is 0 Å². The number of hydrogen-bond acceptors (Lipinski definition) is 6. The first-order chi connectivity index (χ1) is 9.62. The molecule has 0 saturated carbocycles. The smallest absolute Gasteiger partial charge is 0.240 e. The molecule has 20 heavy (non-hydrogen) atoms. The lowest BCUT2D eigenvalue weighted by atomic mass is 10.3. The van der Waals surface area contributed by atoms with Gasteiger partial charge in [0.05, 0.1) is 30.8 Å². The fourth-order valence-corrected chi connectivity index (χ4v) is 2.88. The lowest BCUT2D eigenvalue weighted by molar-refractivity contribution is -0.0846. The molecule has 1 aliphatic heterocycles. The zero-order chi connectivity index (χ0) is 14.4. The zero-order valence-corrected chi connectivity index (χ0v) is 12.1. The van der Waals surface area contributed by atoms with Crippen LogP contribution in [0.3, 0.4) is 0 Å². The molecular formula is C12H19N3O4S. The van der Waals surface area contributed by atoms with Crippen LogP contribution in [-0.2, 0) is 19.5 Å². The van der Waals surface area contributed by atoms with Crippen LogP contribution < -0.4 is 10.0 Å². The number of sulfonamides is 1. The quantitative estimate of drug-likeness (QED) is 0.780. The van der Waals surface area contributed by atoms with E-state index in [1.165, 1.54) is 18.3 Å². The number of pyridine rings is 1. The highest BCUT2D eigenvalue weighted by atomic mass is 32.2. The van der Waals surface area contributed by atoms with E-state index in [1.807, 2.05) is 6.92 Å². The van der Waals surface area contributed by atoms with Gasteiger partial charge in [-0.25, -0.2) is 18.1 Å². The van der Waals surface area contributed by atoms with Crippen molar-refractivity contribution >= 4 is 15.8 Å². The number of anilines is 1. The maximum Gasteiger partial charge on any atom is 0.240 e. The summed E-state index contributed by atoms with van der Waals surface area (Å²) in [6.07, 6.45) is 1.22. The van der Waals surface area contributed by atoms with Crippen LogP contribution in [0, 0.1) is 0 Å². The topological polar surface area (TPSA) is 89.6 Å². The molecule has 0 bridgehead atoms. The number of nitrogens with zero attached hydrogens (tertiary/aromatic N) is 1. The van der Waals surface area contributed by atoms with Crippen LogP contribution in [0.5, 0.6) is 0 Å². The van der Waals surface area contributed by atoms with Crippen LogP contribution in [0.2, 0.25) is 0 Å². The molecule has 1 unspecified atom stereocenters. The molecule has 1 aromatic heterocycles. The molecule has 112 valence electrons. The van der Waals surface area contributed by atoms with Crippen LogP contribution in [0.25, 0.3) is 0 Å². The molecule has 2 rings (SSSR count). The molecular weight excluding hydrogens is 282 g/mol. The first-order valence-corrected chi connectivity index (χ1v) is 7.99. The summed E-state index contributed by atoms with van der Waals surface area (Å²) in [6, 6.07) is 2.96. The highest BCUT2D eigenvalue weighted by Gasteiger charge is 2.20. The molecule has 1 aliphatic rings. The first kappa shape index (κ1) is 15.2. The predicted octanol–water partition coefficient (Wildman–Crippen LogP) is 0.207. The second kappa shape index (κ2) is 6.98. The van der Waals surface area contributed by atoms with Gasteiger partial charge in [0, 0.05) is 25.4 Å². The zero-order valence-electron chi connectivity index (χ0n) is 11.3. The molecule has 8 heteroatoms. The largest absolute Gasteiger partial charge is 0.376 e. The minimum atomic E-state index is -3.57. The van der Waals surface area contributed by atoms with Crippen molar-refractivity contribution in [1.29, 1.82) is 0 Å². The van der Waals surface area contributed by atoms with E-state index in [4.69, 9.17) is 9.47 Å². The van der Waals surface area contributed by atoms with Gasteiger partial charge in [0.25, 0.3) is 0 Å². The maximum absolute atomic E-state index is 12.2. The van der Waals surface area contributed by atoms with Gasteiger partial charge in [0.15, 0.2) is 0 Å². The predicted molar refractivity (Wildman–Crippen MR) is 74.1 cm³/mol. The summed E-state index contributed by atoms with van der Waals surface area (Å²) < 4.78 is 37.5. The Bertz CT molecular complexity index is 529. The summed E-state index contributed by atoms with van der Waals surface area (Å²) in [5.41, 5.74) is 0. The van der Waals surface area contributed by atoms with Crippen LogP contribution in [0.15, 0.2) is 23.2 Å². The minimum absolute atomic E-state index is 0.181. The van der Waals surface area contributed by atoms with Gasteiger partial charge < -0.3 is 14.8 Å². The number of ether oxygens (including phenoxy) is 2. The number of aromatic nitrogens is 1. The highest BCUT2D eigenvalue weighted by Crippen LogP contribution is 2.12. The molecule has 0 aromatic carbocycles. The first-order valence-electron chi connectivity index (χ1n) is 6.51. The van der Waals surface area contributed by atoms with Crippen molar-refractivity contribution in [3.8, 4) is 0 Å². The second-order valence-corrected chi connectivity index (χ2v) is 6.09. The molecule has 7 nitrogen and oxygen atoms in total. The molecule has 2 heterocycles. The molecule has 1 aromatic rings. The molecule has 0 spiro atoms. The lowest BCUT2D eigenvalue weighted by Gasteiger charge is -2.23. The van der Waals surface area contributed by atoms with E-state index in [-0.39, 0.29) is 17.5 Å². The van der Waals surface area contributed by atoms with Gasteiger partial charge in [-0.3, -0.25) is 0 Å². The summed E-state index contributed by atoms with van der Waals surface area (Å²) in [5.74, 6) is 0.535. The third-order valence-corrected chi connectivity index (χ3v) is 4.21. The van der Waals surface area contributed by atoms with Crippen molar-refractivity contribution in [2.24, 2.45) is 0 Å². The molecule has 1 saturated heterocycles. The van der Waals surface area contributed by atoms with Crippen molar-refractivity contribution < 1.29 is 17.9 Å². The summed E-state index contributed by atoms with van der Waals surface area (Å²) in [7, 11) is -3.57. The van der Waals surface area contributed by atoms with Gasteiger partial charge >= 0.3 is 0 Å². The summed E-state index contributed by atoms with van der Waals surface area (Å²) >= 11 is 0. The molecule has 0 amide bonds. The fourth-order valence-electron chi connectivity index (χ4n) is 1.80. The lowest BCUT2D eigenvalue weighted by Crippen LogP contribution is -2.39. The molecule has 0 radical (unpaired) electrons. The van der Waals surface area contributed by atoms with E-state index in [0.717, 1.165) is 0 Å². The monoisotopic (exact) mass is 301 g/mol. The van der Waals surface area contributed by atoms with E-state index in [9.17, 15) is 8.42 Å². The van der Waals surface area contributed by atoms with Gasteiger partial charge in [-0.2, -0.15) is 0 Å². The van der Waals surface area contributed by atoms with Crippen molar-refractivity contribution in [2.45, 2.75) is 17.9 Å². The Morgan fingerprint density at radius 1 is 1.45 bits per heavy atom. The van der Waals surface area contributed by atoms with Gasteiger partial charge in [-0.1, -0.05) is 0 Å². The third-order valence-electron chi connectivity index (χ3n) is 2.79. The molecule has 1 atom stereocenters. The Balaban J connectivity index is 2.00. The van der Waals surface area contributed by atoms with E-state index in [0.29, 0.717) is 32.2 Å². The molecule has 2 N–H and O–H groups in total. The van der Waals surface area contributed by atoms with Gasteiger partial charge in [0.1, 0.15) is 5.82 Å². The Hall–Kier alpha value is -1.22. The van der Waals surface area contributed by atoms with Crippen molar-refractivity contribution in [2.75, 3.05) is 38.2 Å².